The van der Waals surface area contributed by atoms with E-state index in [0.717, 1.165) is 35.6 Å². The number of benzene rings is 1. The molecule has 1 heterocycles. The molecule has 0 radical (unpaired) electrons. The summed E-state index contributed by atoms with van der Waals surface area (Å²) in [5.74, 6) is -2.44. The molecule has 1 aromatic heterocycles. The quantitative estimate of drug-likeness (QED) is 0.658. The SMILES string of the molecule is CCCCN(C(=O)C=Cc1c(F)cccc1F)c1c(N)n(CCC)c(=O)[nH]c1=O. The number of aromatic amines is 1. The maximum absolute atomic E-state index is 13.8. The van der Waals surface area contributed by atoms with Gasteiger partial charge in [-0.2, -0.15) is 0 Å². The maximum Gasteiger partial charge on any atom is 0.330 e. The van der Waals surface area contributed by atoms with E-state index in [4.69, 9.17) is 5.73 Å². The standard InChI is InChI=1S/C20H24F2N4O3/c1-3-5-12-25(16(27)10-9-13-14(21)7-6-8-15(13)22)17-18(23)26(11-4-2)20(29)24-19(17)28/h6-10H,3-5,11-12,23H2,1-2H3,(H,24,28,29). The molecule has 1 amide bonds. The molecule has 0 spiro atoms. The molecule has 0 saturated carbocycles. The van der Waals surface area contributed by atoms with E-state index in [9.17, 15) is 23.2 Å². The van der Waals surface area contributed by atoms with Gasteiger partial charge in [-0.05, 0) is 31.1 Å². The Morgan fingerprint density at radius 3 is 2.45 bits per heavy atom. The molecule has 0 unspecified atom stereocenters. The number of unbranched alkanes of at least 4 members (excludes halogenated alkanes) is 1. The van der Waals surface area contributed by atoms with Crippen LogP contribution in [0, 0.1) is 11.6 Å². The van der Waals surface area contributed by atoms with Crippen molar-refractivity contribution in [3.05, 3.63) is 62.3 Å². The van der Waals surface area contributed by atoms with Crippen molar-refractivity contribution >= 4 is 23.5 Å². The monoisotopic (exact) mass is 406 g/mol. The minimum Gasteiger partial charge on any atom is -0.383 e. The van der Waals surface area contributed by atoms with Crippen LogP contribution in [0.1, 0.15) is 38.7 Å². The highest BCUT2D eigenvalue weighted by molar-refractivity contribution is 6.05. The molecule has 156 valence electrons. The fourth-order valence-corrected chi connectivity index (χ4v) is 2.85. The summed E-state index contributed by atoms with van der Waals surface area (Å²) in [6.45, 7) is 4.15. The number of hydrogen-bond acceptors (Lipinski definition) is 4. The molecule has 3 N–H and O–H groups in total. The van der Waals surface area contributed by atoms with Crippen molar-refractivity contribution in [1.82, 2.24) is 9.55 Å². The van der Waals surface area contributed by atoms with Gasteiger partial charge in [0.25, 0.3) is 11.5 Å². The fourth-order valence-electron chi connectivity index (χ4n) is 2.85. The summed E-state index contributed by atoms with van der Waals surface area (Å²) < 4.78 is 28.8. The van der Waals surface area contributed by atoms with Crippen LogP contribution >= 0.6 is 0 Å². The highest BCUT2D eigenvalue weighted by Gasteiger charge is 2.22. The molecule has 0 atom stereocenters. The first-order valence-electron chi connectivity index (χ1n) is 9.37. The van der Waals surface area contributed by atoms with Crippen molar-refractivity contribution in [1.29, 1.82) is 0 Å². The number of nitrogens with two attached hydrogens (primary N) is 1. The second kappa shape index (κ2) is 9.81. The van der Waals surface area contributed by atoms with Crippen LogP contribution < -0.4 is 21.9 Å². The van der Waals surface area contributed by atoms with E-state index >= 15 is 0 Å². The molecule has 0 bridgehead atoms. The predicted molar refractivity (Wildman–Crippen MR) is 109 cm³/mol. The van der Waals surface area contributed by atoms with Gasteiger partial charge >= 0.3 is 5.69 Å². The summed E-state index contributed by atoms with van der Waals surface area (Å²) in [6.07, 6.45) is 3.86. The van der Waals surface area contributed by atoms with Crippen molar-refractivity contribution in [3.63, 3.8) is 0 Å². The molecule has 0 aliphatic rings. The zero-order chi connectivity index (χ0) is 21.6. The normalized spacial score (nSPS) is 11.2. The van der Waals surface area contributed by atoms with Gasteiger partial charge in [0.1, 0.15) is 17.5 Å². The van der Waals surface area contributed by atoms with Gasteiger partial charge in [0.05, 0.1) is 0 Å². The van der Waals surface area contributed by atoms with Crippen LogP contribution in [-0.4, -0.2) is 22.0 Å². The lowest BCUT2D eigenvalue weighted by molar-refractivity contribution is -0.114. The van der Waals surface area contributed by atoms with E-state index in [1.165, 1.54) is 10.6 Å². The molecule has 0 aliphatic heterocycles. The number of carbonyl (C=O) groups excluding carboxylic acids is 1. The molecular formula is C20H24F2N4O3. The lowest BCUT2D eigenvalue weighted by Crippen LogP contribution is -2.41. The number of aromatic nitrogens is 2. The second-order valence-electron chi connectivity index (χ2n) is 6.46. The predicted octanol–water partition coefficient (Wildman–Crippen LogP) is 2.65. The van der Waals surface area contributed by atoms with Crippen molar-refractivity contribution in [2.24, 2.45) is 0 Å². The van der Waals surface area contributed by atoms with E-state index in [1.807, 2.05) is 13.8 Å². The van der Waals surface area contributed by atoms with Crippen LogP contribution in [0.4, 0.5) is 20.3 Å². The molecule has 9 heteroatoms. The first-order valence-corrected chi connectivity index (χ1v) is 9.37. The highest BCUT2D eigenvalue weighted by Crippen LogP contribution is 2.19. The van der Waals surface area contributed by atoms with Crippen LogP contribution in [0.15, 0.2) is 33.9 Å². The van der Waals surface area contributed by atoms with E-state index in [1.54, 1.807) is 0 Å². The zero-order valence-electron chi connectivity index (χ0n) is 16.4. The number of nitrogens with one attached hydrogen (secondary N) is 1. The Morgan fingerprint density at radius 2 is 1.86 bits per heavy atom. The van der Waals surface area contributed by atoms with Gasteiger partial charge in [-0.1, -0.05) is 26.3 Å². The Bertz CT molecular complexity index is 1010. The van der Waals surface area contributed by atoms with Crippen molar-refractivity contribution in [2.75, 3.05) is 17.2 Å². The number of anilines is 2. The number of hydrogen-bond donors (Lipinski definition) is 2. The molecular weight excluding hydrogens is 382 g/mol. The molecule has 2 rings (SSSR count). The lowest BCUT2D eigenvalue weighted by atomic mass is 10.1. The van der Waals surface area contributed by atoms with Crippen LogP contribution in [0.2, 0.25) is 0 Å². The van der Waals surface area contributed by atoms with E-state index < -0.39 is 28.8 Å². The topological polar surface area (TPSA) is 101 Å². The van der Waals surface area contributed by atoms with E-state index in [0.29, 0.717) is 12.8 Å². The van der Waals surface area contributed by atoms with Crippen LogP contribution in [0.3, 0.4) is 0 Å². The number of nitrogens with zero attached hydrogens (tertiary/aromatic N) is 2. The lowest BCUT2D eigenvalue weighted by Gasteiger charge is -2.23. The van der Waals surface area contributed by atoms with Crippen LogP contribution in [-0.2, 0) is 11.3 Å². The Morgan fingerprint density at radius 1 is 1.21 bits per heavy atom. The van der Waals surface area contributed by atoms with Crippen molar-refractivity contribution in [2.45, 2.75) is 39.7 Å². The van der Waals surface area contributed by atoms with Gasteiger partial charge < -0.3 is 10.6 Å². The van der Waals surface area contributed by atoms with Gasteiger partial charge in [-0.25, -0.2) is 13.6 Å². The first-order chi connectivity index (χ1) is 13.8. The molecule has 2 aromatic rings. The molecule has 0 fully saturated rings. The molecule has 0 aliphatic carbocycles. The van der Waals surface area contributed by atoms with Gasteiger partial charge in [0, 0.05) is 24.7 Å². The third-order valence-corrected chi connectivity index (χ3v) is 4.32. The molecule has 7 nitrogen and oxygen atoms in total. The summed E-state index contributed by atoms with van der Waals surface area (Å²) in [5, 5.41) is 0. The number of rotatable bonds is 8. The number of halogens is 2. The summed E-state index contributed by atoms with van der Waals surface area (Å²) in [5.41, 5.74) is 4.06. The Labute approximate surface area is 166 Å². The second-order valence-corrected chi connectivity index (χ2v) is 6.46. The molecule has 1 aromatic carbocycles. The molecule has 29 heavy (non-hydrogen) atoms. The number of carbonyl (C=O) groups is 1. The van der Waals surface area contributed by atoms with Gasteiger partial charge in [-0.3, -0.25) is 19.1 Å². The molecule has 0 saturated heterocycles. The third kappa shape index (κ3) is 4.98. The Kier molecular flexibility index (Phi) is 7.46. The zero-order valence-corrected chi connectivity index (χ0v) is 16.4. The fraction of sp³-hybridized carbons (Fsp3) is 0.350. The number of H-pyrrole nitrogens is 1. The van der Waals surface area contributed by atoms with Crippen molar-refractivity contribution < 1.29 is 13.6 Å². The largest absolute Gasteiger partial charge is 0.383 e. The minimum absolute atomic E-state index is 0.129. The number of amides is 1. The third-order valence-electron chi connectivity index (χ3n) is 4.32. The smallest absolute Gasteiger partial charge is 0.330 e. The first kappa shape index (κ1) is 22.1. The average Bonchev–Trinajstić information content (AvgIpc) is 2.67. The van der Waals surface area contributed by atoms with Crippen LogP contribution in [0.25, 0.3) is 6.08 Å². The maximum atomic E-state index is 13.8. The average molecular weight is 406 g/mol. The van der Waals surface area contributed by atoms with Gasteiger partial charge in [0.2, 0.25) is 0 Å². The number of nitrogen functional groups attached to an aromatic ring is 1. The van der Waals surface area contributed by atoms with Gasteiger partial charge in [0.15, 0.2) is 5.69 Å². The Hall–Kier alpha value is -3.23. The highest BCUT2D eigenvalue weighted by atomic mass is 19.1. The summed E-state index contributed by atoms with van der Waals surface area (Å²) >= 11 is 0. The summed E-state index contributed by atoms with van der Waals surface area (Å²) in [6, 6.07) is 3.37. The van der Waals surface area contributed by atoms with Gasteiger partial charge in [-0.15, -0.1) is 0 Å². The Balaban J connectivity index is 2.51. The van der Waals surface area contributed by atoms with Crippen LogP contribution in [0.5, 0.6) is 0 Å². The minimum atomic E-state index is -0.817. The summed E-state index contributed by atoms with van der Waals surface area (Å²) in [4.78, 5) is 40.5. The summed E-state index contributed by atoms with van der Waals surface area (Å²) in [7, 11) is 0. The van der Waals surface area contributed by atoms with Crippen molar-refractivity contribution in [3.8, 4) is 0 Å². The van der Waals surface area contributed by atoms with E-state index in [-0.39, 0.29) is 30.2 Å². The van der Waals surface area contributed by atoms with E-state index in [2.05, 4.69) is 4.98 Å².